The van der Waals surface area contributed by atoms with Crippen molar-refractivity contribution in [1.29, 1.82) is 0 Å². The zero-order valence-electron chi connectivity index (χ0n) is 83.5. The van der Waals surface area contributed by atoms with E-state index in [1.807, 2.05) is 0 Å². The molecule has 17 aromatic carbocycles. The van der Waals surface area contributed by atoms with E-state index in [1.54, 1.807) is 0 Å². The van der Waals surface area contributed by atoms with Crippen molar-refractivity contribution in [2.24, 2.45) is 0 Å². The van der Waals surface area contributed by atoms with Crippen molar-refractivity contribution in [2.75, 3.05) is 31.5 Å². The average molecular weight is 1780 g/mol. The summed E-state index contributed by atoms with van der Waals surface area (Å²) < 4.78 is 0. The van der Waals surface area contributed by atoms with Crippen LogP contribution in [0.25, 0.3) is 21.9 Å². The molecule has 0 aliphatic heterocycles. The summed E-state index contributed by atoms with van der Waals surface area (Å²) in [4.78, 5) is 11.6. The van der Waals surface area contributed by atoms with Gasteiger partial charge < -0.3 is 24.5 Å². The van der Waals surface area contributed by atoms with Gasteiger partial charge in [-0.3, -0.25) is 0 Å². The molecule has 0 aromatic heterocycles. The highest BCUT2D eigenvalue weighted by Gasteiger charge is 2.30. The fourth-order valence-electron chi connectivity index (χ4n) is 18.6. The second-order valence-corrected chi connectivity index (χ2v) is 39.1. The highest BCUT2D eigenvalue weighted by atomic mass is 15.2. The second-order valence-electron chi connectivity index (χ2n) is 39.1. The van der Waals surface area contributed by atoms with Crippen molar-refractivity contribution >= 4 is 90.4 Å². The van der Waals surface area contributed by atoms with Gasteiger partial charge in [0.2, 0.25) is 0 Å². The van der Waals surface area contributed by atoms with Gasteiger partial charge in [-0.1, -0.05) is 366 Å². The molecule has 0 amide bonds. The topological polar surface area (TPSA) is 16.2 Å². The largest absolute Gasteiger partial charge is 0.345 e. The maximum atomic E-state index is 2.44. The summed E-state index contributed by atoms with van der Waals surface area (Å²) in [5, 5.41) is 2.57. The van der Waals surface area contributed by atoms with Crippen molar-refractivity contribution in [3.8, 4) is 11.1 Å². The molecule has 4 atom stereocenters. The summed E-state index contributed by atoms with van der Waals surface area (Å²) >= 11 is 0. The molecule has 0 spiro atoms. The molecule has 1 saturated carbocycles. The molecule has 688 valence electrons. The second kappa shape index (κ2) is 44.9. The van der Waals surface area contributed by atoms with E-state index >= 15 is 0 Å². The minimum Gasteiger partial charge on any atom is -0.345 e. The summed E-state index contributed by atoms with van der Waals surface area (Å²) in [6.07, 6.45) is 10.1. The van der Waals surface area contributed by atoms with E-state index in [9.17, 15) is 0 Å². The normalized spacial score (nSPS) is 13.1. The Bertz CT molecular complexity index is 6490. The molecule has 5 heteroatoms. The first-order chi connectivity index (χ1) is 65.9. The van der Waals surface area contributed by atoms with Crippen LogP contribution in [-0.4, -0.2) is 7.05 Å². The van der Waals surface area contributed by atoms with E-state index in [1.165, 1.54) is 194 Å². The van der Waals surface area contributed by atoms with Gasteiger partial charge in [0.15, 0.2) is 0 Å². The van der Waals surface area contributed by atoms with Gasteiger partial charge in [0.05, 0.1) is 0 Å². The van der Waals surface area contributed by atoms with Crippen molar-refractivity contribution < 1.29 is 0 Å². The van der Waals surface area contributed by atoms with Crippen LogP contribution < -0.4 is 24.5 Å². The number of nitrogens with zero attached hydrogens (tertiary/aromatic N) is 5. The van der Waals surface area contributed by atoms with Crippen LogP contribution in [-0.2, 0) is 17.3 Å². The quantitative estimate of drug-likeness (QED) is 0.0565. The van der Waals surface area contributed by atoms with Gasteiger partial charge in [0.1, 0.15) is 0 Å². The van der Waals surface area contributed by atoms with E-state index in [-0.39, 0.29) is 11.3 Å². The Morgan fingerprint density at radius 1 is 0.265 bits per heavy atom. The van der Waals surface area contributed by atoms with E-state index < -0.39 is 0 Å². The molecule has 17 aromatic rings. The summed E-state index contributed by atoms with van der Waals surface area (Å²) in [5.41, 5.74) is 38.1. The lowest BCUT2D eigenvalue weighted by molar-refractivity contribution is 0.319. The molecule has 1 aliphatic carbocycles. The first kappa shape index (κ1) is 96.6. The minimum atomic E-state index is 0.164. The molecule has 0 saturated heterocycles. The van der Waals surface area contributed by atoms with Gasteiger partial charge in [-0.25, -0.2) is 0 Å². The zero-order valence-corrected chi connectivity index (χ0v) is 83.5. The Morgan fingerprint density at radius 3 is 0.868 bits per heavy atom. The molecule has 0 radical (unpaired) electrons. The van der Waals surface area contributed by atoms with Crippen LogP contribution in [0.5, 0.6) is 0 Å². The predicted octanol–water partition coefficient (Wildman–Crippen LogP) is 38.2. The standard InChI is InChI=1S/C51H52N2.C29H29N.C27H31N.C24H27N/c1-7-36(3)39-15-25-47(26-16-39)52(6)48-27-21-43(22-28-48)44-23-33-51(34-24-44)53(49-29-17-40(18-30-49)37(4)8-2)50-31-19-41(20-32-50)38(5)45-14-13-42-11-9-10-12-46(42)35-45;1-4-24-12-18-28(19-13-24)30(27-16-10-22(2)11-17-27)29-20-14-26(15-21-29)23(3)25-8-6-5-7-9-25;1-21-7-13-24(14-8-21)28(25-15-9-22(2)10-16-25)26-17-11-23(12-18-26)27(3)19-5-4-6-20-27;1-18-6-12-21(13-7-18)25(22-14-8-19(2)9-15-22)23-16-10-20(11-17-23)24(3,4)5/h9-38H,7-8H2,1-6H3;5-21,23H,4H2,1-3H3;7-18H,4-6,19-20H2,1-3H3;6-17H,1-5H3. The first-order valence-corrected chi connectivity index (χ1v) is 49.6. The Morgan fingerprint density at radius 2 is 0.529 bits per heavy atom. The molecule has 1 aliphatic rings. The summed E-state index contributed by atoms with van der Waals surface area (Å²) in [6.45, 7) is 35.7. The van der Waals surface area contributed by atoms with Gasteiger partial charge >= 0.3 is 0 Å². The van der Waals surface area contributed by atoms with Crippen LogP contribution in [0.2, 0.25) is 0 Å². The molecular formula is C131H139N5. The molecule has 18 rings (SSSR count). The maximum Gasteiger partial charge on any atom is 0.0462 e. The highest BCUT2D eigenvalue weighted by Crippen LogP contribution is 2.45. The molecule has 0 heterocycles. The summed E-state index contributed by atoms with van der Waals surface area (Å²) in [6, 6.07) is 151. The van der Waals surface area contributed by atoms with Crippen LogP contribution in [0.4, 0.5) is 79.6 Å². The number of hydrogen-bond donors (Lipinski definition) is 0. The molecule has 136 heavy (non-hydrogen) atoms. The fraction of sp³-hybridized carbons (Fsp3) is 0.237. The van der Waals surface area contributed by atoms with Gasteiger partial charge in [-0.15, -0.1) is 0 Å². The Balaban J connectivity index is 0.000000146. The Labute approximate surface area is 814 Å². The zero-order chi connectivity index (χ0) is 95.4. The lowest BCUT2D eigenvalue weighted by Gasteiger charge is -2.34. The van der Waals surface area contributed by atoms with Crippen molar-refractivity contribution in [2.45, 2.75) is 197 Å². The van der Waals surface area contributed by atoms with Gasteiger partial charge in [0.25, 0.3) is 0 Å². The lowest BCUT2D eigenvalue weighted by atomic mass is 9.71. The van der Waals surface area contributed by atoms with Crippen LogP contribution >= 0.6 is 0 Å². The number of rotatable bonds is 25. The highest BCUT2D eigenvalue weighted by molar-refractivity contribution is 5.85. The number of aryl methyl sites for hydroxylation is 6. The smallest absolute Gasteiger partial charge is 0.0462 e. The fourth-order valence-corrected chi connectivity index (χ4v) is 18.6. The number of benzene rings is 17. The Hall–Kier alpha value is -14.0. The van der Waals surface area contributed by atoms with E-state index in [2.05, 4.69) is 555 Å². The molecule has 4 unspecified atom stereocenters. The number of fused-ring (bicyclic) bond motifs is 1. The summed E-state index contributed by atoms with van der Waals surface area (Å²) in [7, 11) is 2.14. The average Bonchev–Trinajstić information content (AvgIpc) is 0.789. The monoisotopic (exact) mass is 1780 g/mol. The van der Waals surface area contributed by atoms with Crippen LogP contribution in [0, 0.1) is 34.6 Å². The number of hydrogen-bond acceptors (Lipinski definition) is 5. The molecule has 0 N–H and O–H groups in total. The SMILES string of the molecule is CCC(C)c1ccc(N(C)c2ccc(-c3ccc(N(c4ccc(C(C)CC)cc4)c4ccc(C(C)c5ccc6ccccc6c5)cc4)cc3)cc2)cc1.CCc1ccc(N(c2ccc(C)cc2)c2ccc(C(C)c3ccccc3)cc2)cc1.Cc1ccc(N(c2ccc(C)cc2)c2ccc(C(C)(C)C)cc2)cc1.Cc1ccc(N(c2ccc(C)cc2)c2ccc(C3(C)CCCCC3)cc2)cc1. The molecule has 5 nitrogen and oxygen atoms in total. The van der Waals surface area contributed by atoms with Gasteiger partial charge in [0, 0.05) is 98.5 Å². The number of anilines is 14. The van der Waals surface area contributed by atoms with Crippen molar-refractivity contribution in [3.05, 3.63) is 490 Å². The lowest BCUT2D eigenvalue weighted by Crippen LogP contribution is -2.25. The third-order valence-corrected chi connectivity index (χ3v) is 28.2. The van der Waals surface area contributed by atoms with Gasteiger partial charge in [-0.05, 0) is 331 Å². The third-order valence-electron chi connectivity index (χ3n) is 28.2. The van der Waals surface area contributed by atoms with Crippen molar-refractivity contribution in [3.63, 3.8) is 0 Å². The first-order valence-electron chi connectivity index (χ1n) is 49.6. The van der Waals surface area contributed by atoms with E-state index in [0.29, 0.717) is 23.2 Å². The molecular weight excluding hydrogens is 1640 g/mol. The van der Waals surface area contributed by atoms with Crippen LogP contribution in [0.1, 0.15) is 223 Å². The van der Waals surface area contributed by atoms with Crippen LogP contribution in [0.15, 0.2) is 413 Å². The van der Waals surface area contributed by atoms with Crippen LogP contribution in [0.3, 0.4) is 0 Å². The predicted molar refractivity (Wildman–Crippen MR) is 589 cm³/mol. The maximum absolute atomic E-state index is 2.44. The van der Waals surface area contributed by atoms with E-state index in [0.717, 1.165) is 36.3 Å². The Kier molecular flexibility index (Phi) is 31.9. The molecule has 1 fully saturated rings. The van der Waals surface area contributed by atoms with Gasteiger partial charge in [-0.2, -0.15) is 0 Å². The summed E-state index contributed by atoms with van der Waals surface area (Å²) in [5.74, 6) is 1.78. The van der Waals surface area contributed by atoms with E-state index in [4.69, 9.17) is 0 Å². The minimum absolute atomic E-state index is 0.164. The third kappa shape index (κ3) is 24.0. The molecule has 0 bridgehead atoms. The van der Waals surface area contributed by atoms with Crippen molar-refractivity contribution in [1.82, 2.24) is 0 Å².